The molecular formula is C10H13Br2NO. The smallest absolute Gasteiger partial charge is 0.138 e. The first-order chi connectivity index (χ1) is 6.56. The van der Waals surface area contributed by atoms with E-state index in [0.29, 0.717) is 6.61 Å². The number of nitrogens with two attached hydrogens (primary N) is 1. The van der Waals surface area contributed by atoms with E-state index in [1.165, 1.54) is 0 Å². The van der Waals surface area contributed by atoms with Crippen molar-refractivity contribution in [3.8, 4) is 5.75 Å². The summed E-state index contributed by atoms with van der Waals surface area (Å²) in [5.74, 6) is 0.839. The normalized spacial score (nSPS) is 12.6. The fourth-order valence-corrected chi connectivity index (χ4v) is 2.59. The monoisotopic (exact) mass is 321 g/mol. The molecular weight excluding hydrogens is 310 g/mol. The lowest BCUT2D eigenvalue weighted by Gasteiger charge is -2.15. The van der Waals surface area contributed by atoms with Crippen LogP contribution in [0.5, 0.6) is 5.75 Å². The van der Waals surface area contributed by atoms with Crippen molar-refractivity contribution in [3.63, 3.8) is 0 Å². The number of halogens is 2. The third-order valence-electron chi connectivity index (χ3n) is 1.82. The van der Waals surface area contributed by atoms with E-state index in [1.807, 2.05) is 26.0 Å². The first kappa shape index (κ1) is 12.0. The van der Waals surface area contributed by atoms with Gasteiger partial charge in [0.25, 0.3) is 0 Å². The molecule has 4 heteroatoms. The molecule has 0 heterocycles. The maximum absolute atomic E-state index is 5.86. The van der Waals surface area contributed by atoms with Crippen LogP contribution in [0.25, 0.3) is 0 Å². The molecule has 0 unspecified atom stereocenters. The van der Waals surface area contributed by atoms with Crippen LogP contribution in [0.3, 0.4) is 0 Å². The average molecular weight is 323 g/mol. The molecule has 0 saturated heterocycles. The predicted octanol–water partition coefficient (Wildman–Crippen LogP) is 3.63. The largest absolute Gasteiger partial charge is 0.492 e. The maximum Gasteiger partial charge on any atom is 0.138 e. The summed E-state index contributed by atoms with van der Waals surface area (Å²) < 4.78 is 7.47. The zero-order chi connectivity index (χ0) is 10.7. The Bertz CT molecular complexity index is 326. The Hall–Kier alpha value is -0.0600. The van der Waals surface area contributed by atoms with Gasteiger partial charge in [0.15, 0.2) is 0 Å². The van der Waals surface area contributed by atoms with Crippen LogP contribution < -0.4 is 10.5 Å². The third kappa shape index (κ3) is 2.72. The minimum Gasteiger partial charge on any atom is -0.492 e. The van der Waals surface area contributed by atoms with Gasteiger partial charge in [-0.15, -0.1) is 0 Å². The Morgan fingerprint density at radius 2 is 2.07 bits per heavy atom. The summed E-state index contributed by atoms with van der Waals surface area (Å²) in [6.07, 6.45) is 0. The minimum absolute atomic E-state index is 0.0367. The lowest BCUT2D eigenvalue weighted by molar-refractivity contribution is 0.332. The predicted molar refractivity (Wildman–Crippen MR) is 65.6 cm³/mol. The van der Waals surface area contributed by atoms with Crippen molar-refractivity contribution in [1.29, 1.82) is 0 Å². The molecule has 0 spiro atoms. The molecule has 0 bridgehead atoms. The van der Waals surface area contributed by atoms with E-state index in [0.717, 1.165) is 20.3 Å². The van der Waals surface area contributed by atoms with Crippen LogP contribution in [0, 0.1) is 0 Å². The quantitative estimate of drug-likeness (QED) is 0.922. The molecule has 1 aromatic carbocycles. The van der Waals surface area contributed by atoms with Gasteiger partial charge in [0.05, 0.1) is 11.1 Å². The Labute approximate surface area is 101 Å². The molecule has 14 heavy (non-hydrogen) atoms. The highest BCUT2D eigenvalue weighted by Crippen LogP contribution is 2.35. The van der Waals surface area contributed by atoms with Crippen LogP contribution in [0.15, 0.2) is 21.1 Å². The molecule has 0 aliphatic carbocycles. The van der Waals surface area contributed by atoms with E-state index in [2.05, 4.69) is 31.9 Å². The Balaban J connectivity index is 3.21. The van der Waals surface area contributed by atoms with E-state index in [9.17, 15) is 0 Å². The first-order valence-electron chi connectivity index (χ1n) is 4.43. The number of hydrogen-bond donors (Lipinski definition) is 1. The van der Waals surface area contributed by atoms with E-state index in [4.69, 9.17) is 10.5 Å². The summed E-state index contributed by atoms with van der Waals surface area (Å²) >= 11 is 6.88. The first-order valence-corrected chi connectivity index (χ1v) is 6.02. The lowest BCUT2D eigenvalue weighted by Crippen LogP contribution is -2.08. The highest BCUT2D eigenvalue weighted by atomic mass is 79.9. The molecule has 0 saturated carbocycles. The summed E-state index contributed by atoms with van der Waals surface area (Å²) in [7, 11) is 0. The molecule has 2 nitrogen and oxygen atoms in total. The molecule has 0 aromatic heterocycles. The van der Waals surface area contributed by atoms with Gasteiger partial charge in [-0.2, -0.15) is 0 Å². The molecule has 1 rings (SSSR count). The van der Waals surface area contributed by atoms with Crippen molar-refractivity contribution < 1.29 is 4.74 Å². The zero-order valence-electron chi connectivity index (χ0n) is 8.18. The highest BCUT2D eigenvalue weighted by molar-refractivity contribution is 9.11. The minimum atomic E-state index is -0.0367. The van der Waals surface area contributed by atoms with Crippen molar-refractivity contribution in [2.75, 3.05) is 6.61 Å². The van der Waals surface area contributed by atoms with Gasteiger partial charge in [-0.1, -0.05) is 15.9 Å². The molecule has 0 aliphatic heterocycles. The summed E-state index contributed by atoms with van der Waals surface area (Å²) in [6.45, 7) is 4.54. The van der Waals surface area contributed by atoms with Crippen molar-refractivity contribution in [2.24, 2.45) is 5.73 Å². The SMILES string of the molecule is CCOc1c(Br)cc(Br)cc1[C@@H](C)N. The fraction of sp³-hybridized carbons (Fsp3) is 0.400. The van der Waals surface area contributed by atoms with Gasteiger partial charge in [0.2, 0.25) is 0 Å². The van der Waals surface area contributed by atoms with Crippen LogP contribution in [-0.4, -0.2) is 6.61 Å². The Morgan fingerprint density at radius 3 is 2.57 bits per heavy atom. The van der Waals surface area contributed by atoms with E-state index < -0.39 is 0 Å². The topological polar surface area (TPSA) is 35.2 Å². The van der Waals surface area contributed by atoms with Crippen molar-refractivity contribution in [3.05, 3.63) is 26.6 Å². The van der Waals surface area contributed by atoms with E-state index in [1.54, 1.807) is 0 Å². The van der Waals surface area contributed by atoms with Gasteiger partial charge in [-0.25, -0.2) is 0 Å². The second-order valence-electron chi connectivity index (χ2n) is 3.03. The van der Waals surface area contributed by atoms with Gasteiger partial charge in [0, 0.05) is 16.1 Å². The van der Waals surface area contributed by atoms with Crippen LogP contribution in [0.1, 0.15) is 25.5 Å². The molecule has 1 aromatic rings. The zero-order valence-corrected chi connectivity index (χ0v) is 11.4. The molecule has 0 amide bonds. The second-order valence-corrected chi connectivity index (χ2v) is 4.80. The third-order valence-corrected chi connectivity index (χ3v) is 2.86. The van der Waals surface area contributed by atoms with Crippen molar-refractivity contribution >= 4 is 31.9 Å². The van der Waals surface area contributed by atoms with Crippen molar-refractivity contribution in [1.82, 2.24) is 0 Å². The molecule has 1 atom stereocenters. The molecule has 78 valence electrons. The number of rotatable bonds is 3. The number of hydrogen-bond acceptors (Lipinski definition) is 2. The molecule has 0 fully saturated rings. The summed E-state index contributed by atoms with van der Waals surface area (Å²) in [5, 5.41) is 0. The van der Waals surface area contributed by atoms with Gasteiger partial charge < -0.3 is 10.5 Å². The Morgan fingerprint density at radius 1 is 1.43 bits per heavy atom. The van der Waals surface area contributed by atoms with Crippen molar-refractivity contribution in [2.45, 2.75) is 19.9 Å². The fourth-order valence-electron chi connectivity index (χ4n) is 1.22. The van der Waals surface area contributed by atoms with Crippen LogP contribution in [0.2, 0.25) is 0 Å². The summed E-state index contributed by atoms with van der Waals surface area (Å²) in [4.78, 5) is 0. The van der Waals surface area contributed by atoms with Gasteiger partial charge in [0.1, 0.15) is 5.75 Å². The average Bonchev–Trinajstić information content (AvgIpc) is 2.09. The van der Waals surface area contributed by atoms with E-state index >= 15 is 0 Å². The summed E-state index contributed by atoms with van der Waals surface area (Å²) in [5.41, 5.74) is 6.87. The lowest BCUT2D eigenvalue weighted by atomic mass is 10.1. The molecule has 2 N–H and O–H groups in total. The van der Waals surface area contributed by atoms with Gasteiger partial charge >= 0.3 is 0 Å². The van der Waals surface area contributed by atoms with Gasteiger partial charge in [-0.05, 0) is 41.9 Å². The van der Waals surface area contributed by atoms with Crippen LogP contribution in [0.4, 0.5) is 0 Å². The maximum atomic E-state index is 5.86. The van der Waals surface area contributed by atoms with E-state index in [-0.39, 0.29) is 6.04 Å². The molecule has 0 radical (unpaired) electrons. The molecule has 0 aliphatic rings. The van der Waals surface area contributed by atoms with Crippen LogP contribution >= 0.6 is 31.9 Å². The number of benzene rings is 1. The van der Waals surface area contributed by atoms with Crippen LogP contribution in [-0.2, 0) is 0 Å². The Kier molecular flexibility index (Phi) is 4.41. The van der Waals surface area contributed by atoms with Gasteiger partial charge in [-0.3, -0.25) is 0 Å². The second kappa shape index (κ2) is 5.14. The number of ether oxygens (including phenoxy) is 1. The standard InChI is InChI=1S/C10H13Br2NO/c1-3-14-10-8(6(2)13)4-7(11)5-9(10)12/h4-6H,3,13H2,1-2H3/t6-/m1/s1. The highest BCUT2D eigenvalue weighted by Gasteiger charge is 2.12. The summed E-state index contributed by atoms with van der Waals surface area (Å²) in [6, 6.07) is 3.91.